The number of phenolic OH excluding ortho intramolecular Hbond substituents is 1. The molecule has 0 saturated heterocycles. The molecular formula is C20H16BrNO4S2. The number of fused-ring (bicyclic) bond motifs is 3. The molecule has 0 unspecified atom stereocenters. The summed E-state index contributed by atoms with van der Waals surface area (Å²) in [6.07, 6.45) is 0.539. The van der Waals surface area contributed by atoms with Gasteiger partial charge in [0.25, 0.3) is 5.56 Å². The molecule has 0 aliphatic carbocycles. The number of alkyl halides is 1. The fraction of sp³-hybridized carbons (Fsp3) is 0.150. The second-order valence-corrected chi connectivity index (χ2v) is 10.2. The predicted octanol–water partition coefficient (Wildman–Crippen LogP) is 4.67. The van der Waals surface area contributed by atoms with E-state index in [4.69, 9.17) is 0 Å². The fourth-order valence-corrected chi connectivity index (χ4v) is 6.08. The smallest absolute Gasteiger partial charge is 0.266 e. The van der Waals surface area contributed by atoms with Gasteiger partial charge in [-0.05, 0) is 47.7 Å². The number of benzene rings is 2. The van der Waals surface area contributed by atoms with Crippen molar-refractivity contribution in [1.82, 2.24) is 4.98 Å². The third kappa shape index (κ3) is 3.25. The minimum absolute atomic E-state index is 0.0712. The summed E-state index contributed by atoms with van der Waals surface area (Å²) in [5.41, 5.74) is 1.71. The number of thiophene rings is 1. The molecule has 5 nitrogen and oxygen atoms in total. The summed E-state index contributed by atoms with van der Waals surface area (Å²) < 4.78 is 25.4. The van der Waals surface area contributed by atoms with Crippen LogP contribution < -0.4 is 5.56 Å². The Morgan fingerprint density at radius 2 is 1.82 bits per heavy atom. The van der Waals surface area contributed by atoms with Crippen LogP contribution in [0.25, 0.3) is 32.1 Å². The lowest BCUT2D eigenvalue weighted by molar-refractivity contribution is 0.478. The summed E-state index contributed by atoms with van der Waals surface area (Å²) in [5, 5.41) is 14.5. The van der Waals surface area contributed by atoms with Crippen molar-refractivity contribution in [2.75, 3.05) is 11.1 Å². The number of nitrogens with one attached hydrogen (secondary N) is 1. The van der Waals surface area contributed by atoms with Gasteiger partial charge in [0.15, 0.2) is 9.84 Å². The number of sulfone groups is 1. The van der Waals surface area contributed by atoms with E-state index in [9.17, 15) is 18.3 Å². The Morgan fingerprint density at radius 3 is 2.54 bits per heavy atom. The number of halogens is 1. The highest BCUT2D eigenvalue weighted by molar-refractivity contribution is 9.09. The first-order valence-electron chi connectivity index (χ1n) is 8.57. The van der Waals surface area contributed by atoms with Crippen LogP contribution in [0.1, 0.15) is 6.42 Å². The van der Waals surface area contributed by atoms with Gasteiger partial charge in [0.1, 0.15) is 10.4 Å². The van der Waals surface area contributed by atoms with Crippen LogP contribution in [0.5, 0.6) is 5.75 Å². The van der Waals surface area contributed by atoms with Crippen molar-refractivity contribution in [3.8, 4) is 16.9 Å². The summed E-state index contributed by atoms with van der Waals surface area (Å²) >= 11 is 4.60. The van der Waals surface area contributed by atoms with Crippen molar-refractivity contribution in [2.24, 2.45) is 0 Å². The van der Waals surface area contributed by atoms with E-state index in [1.165, 1.54) is 17.4 Å². The number of hydrogen-bond donors (Lipinski definition) is 2. The largest absolute Gasteiger partial charge is 0.507 e. The number of aromatic nitrogens is 1. The number of rotatable bonds is 5. The zero-order valence-electron chi connectivity index (χ0n) is 14.6. The number of aromatic amines is 1. The Kier molecular flexibility index (Phi) is 5.03. The lowest BCUT2D eigenvalue weighted by atomic mass is 9.97. The van der Waals surface area contributed by atoms with Crippen LogP contribution >= 0.6 is 27.3 Å². The van der Waals surface area contributed by atoms with Crippen LogP contribution in [0.2, 0.25) is 0 Å². The van der Waals surface area contributed by atoms with E-state index >= 15 is 0 Å². The number of pyridine rings is 1. The summed E-state index contributed by atoms with van der Waals surface area (Å²) in [6.45, 7) is 0. The van der Waals surface area contributed by atoms with Gasteiger partial charge in [-0.1, -0.05) is 28.1 Å². The molecule has 0 aliphatic rings. The fourth-order valence-electron chi connectivity index (χ4n) is 3.32. The van der Waals surface area contributed by atoms with E-state index in [1.54, 1.807) is 30.3 Å². The molecule has 28 heavy (non-hydrogen) atoms. The van der Waals surface area contributed by atoms with Gasteiger partial charge >= 0.3 is 0 Å². The van der Waals surface area contributed by atoms with Gasteiger partial charge in [0.05, 0.1) is 10.6 Å². The van der Waals surface area contributed by atoms with Crippen molar-refractivity contribution in [1.29, 1.82) is 0 Å². The molecule has 2 aromatic carbocycles. The van der Waals surface area contributed by atoms with Gasteiger partial charge in [-0.3, -0.25) is 4.79 Å². The van der Waals surface area contributed by atoms with Crippen LogP contribution in [0.3, 0.4) is 0 Å². The molecule has 2 aromatic heterocycles. The Hall–Kier alpha value is -2.16. The minimum atomic E-state index is -3.34. The maximum absolute atomic E-state index is 12.4. The van der Waals surface area contributed by atoms with Gasteiger partial charge < -0.3 is 10.1 Å². The number of aromatic hydroxyl groups is 1. The van der Waals surface area contributed by atoms with Crippen LogP contribution in [-0.4, -0.2) is 29.6 Å². The van der Waals surface area contributed by atoms with Crippen molar-refractivity contribution in [2.45, 2.75) is 11.3 Å². The van der Waals surface area contributed by atoms with E-state index in [0.717, 1.165) is 10.8 Å². The summed E-state index contributed by atoms with van der Waals surface area (Å²) in [5.74, 6) is 0.149. The van der Waals surface area contributed by atoms with E-state index in [2.05, 4.69) is 20.9 Å². The Labute approximate surface area is 173 Å². The molecular weight excluding hydrogens is 462 g/mol. The minimum Gasteiger partial charge on any atom is -0.507 e. The standard InChI is InChI=1S/C20H16BrNO4S2/c21-9-1-11-28(25,26)13-4-2-12(3-5-13)17-16(23)7-6-15-18(17)14-8-10-27-19(14)20(24)22-15/h2-8,10,23H,1,9,11H2,(H,22,24). The van der Waals surface area contributed by atoms with Crippen molar-refractivity contribution >= 4 is 58.1 Å². The average Bonchev–Trinajstić information content (AvgIpc) is 3.18. The molecule has 144 valence electrons. The van der Waals surface area contributed by atoms with Gasteiger partial charge in [-0.15, -0.1) is 11.3 Å². The first-order valence-corrected chi connectivity index (χ1v) is 12.2. The molecule has 4 aromatic rings. The molecule has 0 aliphatic heterocycles. The molecule has 0 spiro atoms. The number of H-pyrrole nitrogens is 1. The lowest BCUT2D eigenvalue weighted by Crippen LogP contribution is -2.07. The molecule has 0 bridgehead atoms. The van der Waals surface area contributed by atoms with E-state index in [0.29, 0.717) is 33.1 Å². The van der Waals surface area contributed by atoms with E-state index in [-0.39, 0.29) is 22.0 Å². The quantitative estimate of drug-likeness (QED) is 0.408. The van der Waals surface area contributed by atoms with Gasteiger partial charge in [-0.2, -0.15) is 0 Å². The predicted molar refractivity (Wildman–Crippen MR) is 118 cm³/mol. The van der Waals surface area contributed by atoms with Gasteiger partial charge in [-0.25, -0.2) is 8.42 Å². The average molecular weight is 478 g/mol. The zero-order chi connectivity index (χ0) is 19.9. The summed E-state index contributed by atoms with van der Waals surface area (Å²) in [4.78, 5) is 15.4. The van der Waals surface area contributed by atoms with E-state index in [1.807, 2.05) is 11.4 Å². The van der Waals surface area contributed by atoms with Crippen LogP contribution in [0.4, 0.5) is 0 Å². The molecule has 0 atom stereocenters. The van der Waals surface area contributed by atoms with Crippen LogP contribution in [-0.2, 0) is 9.84 Å². The van der Waals surface area contributed by atoms with Crippen LogP contribution in [0.15, 0.2) is 57.5 Å². The first kappa shape index (κ1) is 19.2. The number of phenols is 1. The van der Waals surface area contributed by atoms with Crippen molar-refractivity contribution < 1.29 is 13.5 Å². The second kappa shape index (κ2) is 7.35. The Morgan fingerprint density at radius 1 is 1.07 bits per heavy atom. The molecule has 0 amide bonds. The normalized spacial score (nSPS) is 12.0. The van der Waals surface area contributed by atoms with Gasteiger partial charge in [0, 0.05) is 27.2 Å². The molecule has 2 N–H and O–H groups in total. The third-order valence-corrected chi connectivity index (χ3v) is 7.91. The molecule has 4 rings (SSSR count). The summed E-state index contributed by atoms with van der Waals surface area (Å²) in [6, 6.07) is 11.6. The third-order valence-electron chi connectivity index (χ3n) is 4.62. The highest BCUT2D eigenvalue weighted by atomic mass is 79.9. The Bertz CT molecular complexity index is 1340. The summed E-state index contributed by atoms with van der Waals surface area (Å²) in [7, 11) is -3.34. The number of hydrogen-bond acceptors (Lipinski definition) is 5. The molecule has 0 saturated carbocycles. The second-order valence-electron chi connectivity index (χ2n) is 6.39. The van der Waals surface area contributed by atoms with Gasteiger partial charge in [0.2, 0.25) is 0 Å². The molecule has 0 radical (unpaired) electrons. The topological polar surface area (TPSA) is 87.2 Å². The molecule has 0 fully saturated rings. The maximum Gasteiger partial charge on any atom is 0.266 e. The zero-order valence-corrected chi connectivity index (χ0v) is 17.8. The van der Waals surface area contributed by atoms with Crippen molar-refractivity contribution in [3.05, 3.63) is 58.2 Å². The van der Waals surface area contributed by atoms with Crippen molar-refractivity contribution in [3.63, 3.8) is 0 Å². The van der Waals surface area contributed by atoms with E-state index < -0.39 is 9.84 Å². The highest BCUT2D eigenvalue weighted by Gasteiger charge is 2.17. The maximum atomic E-state index is 12.4. The molecule has 8 heteroatoms. The lowest BCUT2D eigenvalue weighted by Gasteiger charge is -2.11. The van der Waals surface area contributed by atoms with Crippen LogP contribution in [0, 0.1) is 0 Å². The SMILES string of the molecule is O=c1[nH]c2ccc(O)c(-c3ccc(S(=O)(=O)CCCBr)cc3)c2c2ccsc12. The monoisotopic (exact) mass is 477 g/mol. The first-order chi connectivity index (χ1) is 13.4. The molecule has 2 heterocycles. The Balaban J connectivity index is 1.91. The highest BCUT2D eigenvalue weighted by Crippen LogP contribution is 2.39.